The van der Waals surface area contributed by atoms with Crippen LogP contribution >= 0.6 is 0 Å². The quantitative estimate of drug-likeness (QED) is 0.723. The van der Waals surface area contributed by atoms with E-state index in [1.54, 1.807) is 7.05 Å². The molecule has 10 heteroatoms. The Balaban J connectivity index is 2.00. The Hall–Kier alpha value is -0.970. The topological polar surface area (TPSA) is 101 Å². The van der Waals surface area contributed by atoms with E-state index in [2.05, 4.69) is 9.82 Å². The highest BCUT2D eigenvalue weighted by Gasteiger charge is 2.30. The van der Waals surface area contributed by atoms with Gasteiger partial charge in [0, 0.05) is 38.3 Å². The van der Waals surface area contributed by atoms with E-state index in [4.69, 9.17) is 0 Å². The molecule has 0 spiro atoms. The third kappa shape index (κ3) is 4.35. The molecule has 8 nitrogen and oxygen atoms in total. The summed E-state index contributed by atoms with van der Waals surface area (Å²) in [4.78, 5) is 0.172. The summed E-state index contributed by atoms with van der Waals surface area (Å²) in [7, 11) is -5.13. The average molecular weight is 379 g/mol. The molecule has 0 aromatic carbocycles. The van der Waals surface area contributed by atoms with Gasteiger partial charge in [-0.2, -0.15) is 5.10 Å². The molecule has 0 aliphatic carbocycles. The number of aryl methyl sites for hydroxylation is 1. The zero-order valence-corrected chi connectivity index (χ0v) is 16.2. The largest absolute Gasteiger partial charge is 0.274 e. The van der Waals surface area contributed by atoms with Gasteiger partial charge in [-0.15, -0.1) is 0 Å². The molecule has 1 aromatic heterocycles. The number of rotatable bonds is 6. The Morgan fingerprint density at radius 2 is 2.00 bits per heavy atom. The van der Waals surface area contributed by atoms with Crippen LogP contribution in [0.4, 0.5) is 0 Å². The van der Waals surface area contributed by atoms with E-state index in [1.165, 1.54) is 15.2 Å². The van der Waals surface area contributed by atoms with Crippen LogP contribution in [-0.4, -0.2) is 56.3 Å². The third-order valence-electron chi connectivity index (χ3n) is 3.87. The maximum Gasteiger partial charge on any atom is 0.243 e. The summed E-state index contributed by atoms with van der Waals surface area (Å²) < 4.78 is 54.0. The number of hydrogen-bond donors (Lipinski definition) is 1. The van der Waals surface area contributed by atoms with Gasteiger partial charge >= 0.3 is 0 Å². The van der Waals surface area contributed by atoms with Crippen LogP contribution in [0.5, 0.6) is 0 Å². The van der Waals surface area contributed by atoms with E-state index in [9.17, 15) is 16.8 Å². The molecule has 0 saturated carbocycles. The lowest BCUT2D eigenvalue weighted by atomic mass is 9.92. The van der Waals surface area contributed by atoms with Crippen LogP contribution in [-0.2, 0) is 32.5 Å². The lowest BCUT2D eigenvalue weighted by Crippen LogP contribution is -2.32. The second-order valence-electron chi connectivity index (χ2n) is 7.09. The molecular weight excluding hydrogens is 352 g/mol. The van der Waals surface area contributed by atoms with Crippen molar-refractivity contribution in [2.45, 2.75) is 43.9 Å². The number of sulfonamides is 2. The minimum atomic E-state index is -3.68. The van der Waals surface area contributed by atoms with Gasteiger partial charge in [0.05, 0.1) is 11.4 Å². The summed E-state index contributed by atoms with van der Waals surface area (Å²) in [5, 5.41) is 4.27. The molecule has 2 rings (SSSR count). The van der Waals surface area contributed by atoms with Crippen LogP contribution in [0.25, 0.3) is 0 Å². The summed E-state index contributed by atoms with van der Waals surface area (Å²) in [6.07, 6.45) is 2.57. The number of nitrogens with one attached hydrogen (secondary N) is 1. The normalized spacial score (nSPS) is 19.0. The van der Waals surface area contributed by atoms with Crippen LogP contribution in [0.15, 0.2) is 11.1 Å². The summed E-state index contributed by atoms with van der Waals surface area (Å²) in [6, 6.07) is 0. The fraction of sp³-hybridized carbons (Fsp3) is 0.786. The minimum absolute atomic E-state index is 0.172. The van der Waals surface area contributed by atoms with Crippen molar-refractivity contribution in [1.29, 1.82) is 0 Å². The van der Waals surface area contributed by atoms with Gasteiger partial charge in [-0.1, -0.05) is 20.8 Å². The van der Waals surface area contributed by atoms with Gasteiger partial charge in [-0.25, -0.2) is 25.9 Å². The molecular formula is C14H26N4O4S2. The molecule has 24 heavy (non-hydrogen) atoms. The molecule has 1 aliphatic heterocycles. The second kappa shape index (κ2) is 6.74. The average Bonchev–Trinajstić information content (AvgIpc) is 2.98. The SMILES string of the molecule is Cn1cc(S(=O)(=O)NCCCN2CCCS2(=O)=O)c(C(C)(C)C)n1. The van der Waals surface area contributed by atoms with Crippen molar-refractivity contribution < 1.29 is 16.8 Å². The van der Waals surface area contributed by atoms with Crippen LogP contribution in [0.2, 0.25) is 0 Å². The van der Waals surface area contributed by atoms with Gasteiger partial charge in [0.1, 0.15) is 4.90 Å². The molecule has 0 unspecified atom stereocenters. The molecule has 0 amide bonds. The number of aromatic nitrogens is 2. The van der Waals surface area contributed by atoms with Crippen molar-refractivity contribution in [3.05, 3.63) is 11.9 Å². The molecule has 0 radical (unpaired) electrons. The van der Waals surface area contributed by atoms with Gasteiger partial charge in [0.15, 0.2) is 0 Å². The maximum absolute atomic E-state index is 12.5. The van der Waals surface area contributed by atoms with Crippen LogP contribution in [0.3, 0.4) is 0 Å². The van der Waals surface area contributed by atoms with E-state index in [1.807, 2.05) is 20.8 Å². The highest BCUT2D eigenvalue weighted by atomic mass is 32.2. The van der Waals surface area contributed by atoms with Crippen LogP contribution in [0.1, 0.15) is 39.3 Å². The van der Waals surface area contributed by atoms with Gasteiger partial charge in [-0.05, 0) is 12.8 Å². The highest BCUT2D eigenvalue weighted by Crippen LogP contribution is 2.27. The first-order valence-corrected chi connectivity index (χ1v) is 11.0. The fourth-order valence-corrected chi connectivity index (χ4v) is 5.69. The summed E-state index contributed by atoms with van der Waals surface area (Å²) in [5.74, 6) is 0.184. The monoisotopic (exact) mass is 378 g/mol. The minimum Gasteiger partial charge on any atom is -0.274 e. The van der Waals surface area contributed by atoms with Crippen LogP contribution in [0, 0.1) is 0 Å². The predicted molar refractivity (Wildman–Crippen MR) is 91.7 cm³/mol. The van der Waals surface area contributed by atoms with Gasteiger partial charge in [0.2, 0.25) is 20.0 Å². The standard InChI is InChI=1S/C14H26N4O4S2/c1-14(2,3)13-12(11-17(4)16-13)24(21,22)15-7-5-8-18-9-6-10-23(18,19)20/h11,15H,5-10H2,1-4H3. The van der Waals surface area contributed by atoms with E-state index in [0.29, 0.717) is 31.6 Å². The fourth-order valence-electron chi connectivity index (χ4n) is 2.67. The second-order valence-corrected chi connectivity index (χ2v) is 10.9. The van der Waals surface area contributed by atoms with E-state index in [0.717, 1.165) is 0 Å². The molecule has 1 N–H and O–H groups in total. The molecule has 1 fully saturated rings. The third-order valence-corrected chi connectivity index (χ3v) is 7.29. The number of nitrogens with zero attached hydrogens (tertiary/aromatic N) is 3. The van der Waals surface area contributed by atoms with Crippen molar-refractivity contribution in [3.63, 3.8) is 0 Å². The zero-order chi connectivity index (χ0) is 18.2. The van der Waals surface area contributed by atoms with E-state index in [-0.39, 0.29) is 17.2 Å². The summed E-state index contributed by atoms with van der Waals surface area (Å²) in [6.45, 7) is 6.77. The molecule has 0 bridgehead atoms. The van der Waals surface area contributed by atoms with Gasteiger partial charge in [0.25, 0.3) is 0 Å². The van der Waals surface area contributed by atoms with Crippen molar-refractivity contribution in [3.8, 4) is 0 Å². The molecule has 0 atom stereocenters. The number of hydrogen-bond acceptors (Lipinski definition) is 5. The molecule has 1 aromatic rings. The van der Waals surface area contributed by atoms with Crippen molar-refractivity contribution >= 4 is 20.0 Å². The van der Waals surface area contributed by atoms with E-state index < -0.39 is 25.5 Å². The first-order valence-electron chi connectivity index (χ1n) is 7.95. The first-order chi connectivity index (χ1) is 10.9. The first kappa shape index (κ1) is 19.4. The van der Waals surface area contributed by atoms with Gasteiger partial charge in [-0.3, -0.25) is 4.68 Å². The summed E-state index contributed by atoms with van der Waals surface area (Å²) >= 11 is 0. The lowest BCUT2D eigenvalue weighted by molar-refractivity contribution is 0.435. The van der Waals surface area contributed by atoms with Crippen LogP contribution < -0.4 is 4.72 Å². The van der Waals surface area contributed by atoms with Crippen molar-refractivity contribution in [2.24, 2.45) is 7.05 Å². The Kier molecular flexibility index (Phi) is 5.43. The molecule has 2 heterocycles. The molecule has 1 saturated heterocycles. The Morgan fingerprint density at radius 1 is 1.33 bits per heavy atom. The van der Waals surface area contributed by atoms with Crippen molar-refractivity contribution in [2.75, 3.05) is 25.4 Å². The van der Waals surface area contributed by atoms with E-state index >= 15 is 0 Å². The highest BCUT2D eigenvalue weighted by molar-refractivity contribution is 7.89. The lowest BCUT2D eigenvalue weighted by Gasteiger charge is -2.18. The smallest absolute Gasteiger partial charge is 0.243 e. The zero-order valence-electron chi connectivity index (χ0n) is 14.6. The Labute approximate surface area is 144 Å². The summed E-state index contributed by atoms with van der Waals surface area (Å²) in [5.41, 5.74) is 0.120. The Bertz CT molecular complexity index is 791. The van der Waals surface area contributed by atoms with Crippen molar-refractivity contribution in [1.82, 2.24) is 18.8 Å². The molecule has 138 valence electrons. The maximum atomic E-state index is 12.5. The van der Waals surface area contributed by atoms with Gasteiger partial charge < -0.3 is 0 Å². The molecule has 1 aliphatic rings. The predicted octanol–water partition coefficient (Wildman–Crippen LogP) is 0.422. The Morgan fingerprint density at radius 3 is 2.54 bits per heavy atom.